The second-order valence-corrected chi connectivity index (χ2v) is 8.18. The van der Waals surface area contributed by atoms with Gasteiger partial charge >= 0.3 is 0 Å². The molecule has 0 unspecified atom stereocenters. The third-order valence-corrected chi connectivity index (χ3v) is 6.05. The number of fused-ring (bicyclic) bond motifs is 5. The molecule has 4 aliphatic heterocycles. The van der Waals surface area contributed by atoms with Crippen molar-refractivity contribution in [2.45, 2.75) is 38.3 Å². The number of carbonyl (C=O) groups is 2. The smallest absolute Gasteiger partial charge is 0.274 e. The van der Waals surface area contributed by atoms with Crippen LogP contribution >= 0.6 is 0 Å². The van der Waals surface area contributed by atoms with Gasteiger partial charge in [-0.15, -0.1) is 0 Å². The minimum Gasteiger partial charge on any atom is -0.379 e. The summed E-state index contributed by atoms with van der Waals surface area (Å²) in [5, 5.41) is 11.8. The van der Waals surface area contributed by atoms with E-state index >= 15 is 0 Å². The fourth-order valence-electron chi connectivity index (χ4n) is 4.69. The molecule has 2 amide bonds. The van der Waals surface area contributed by atoms with Crippen molar-refractivity contribution in [3.63, 3.8) is 0 Å². The Bertz CT molecular complexity index is 975. The van der Waals surface area contributed by atoms with Gasteiger partial charge in [0.05, 0.1) is 11.4 Å². The molecule has 0 radical (unpaired) electrons. The molecule has 27 heavy (non-hydrogen) atoms. The summed E-state index contributed by atoms with van der Waals surface area (Å²) < 4.78 is 0. The van der Waals surface area contributed by atoms with Crippen molar-refractivity contribution in [2.24, 2.45) is 10.4 Å². The summed E-state index contributed by atoms with van der Waals surface area (Å²) in [6, 6.07) is 6.73. The summed E-state index contributed by atoms with van der Waals surface area (Å²) in [5.74, 6) is -0.320. The molecule has 1 fully saturated rings. The predicted octanol–water partition coefficient (Wildman–Crippen LogP) is 2.23. The Labute approximate surface area is 157 Å². The molecule has 4 heterocycles. The van der Waals surface area contributed by atoms with Gasteiger partial charge in [-0.1, -0.05) is 44.2 Å². The topological polar surface area (TPSA) is 73.2 Å². The predicted molar refractivity (Wildman–Crippen MR) is 100 cm³/mol. The summed E-state index contributed by atoms with van der Waals surface area (Å²) in [6.07, 6.45) is 6.17. The van der Waals surface area contributed by atoms with Crippen molar-refractivity contribution in [1.29, 1.82) is 0 Å². The average molecular weight is 363 g/mol. The number of hydrogen-bond acceptors (Lipinski definition) is 4. The summed E-state index contributed by atoms with van der Waals surface area (Å²) in [6.45, 7) is 4.46. The molecule has 138 valence electrons. The summed E-state index contributed by atoms with van der Waals surface area (Å²) in [5.41, 5.74) is 0.545. The highest BCUT2D eigenvalue weighted by atomic mass is 16.3. The molecular weight excluding hydrogens is 342 g/mol. The van der Waals surface area contributed by atoms with Crippen LogP contribution < -0.4 is 0 Å². The van der Waals surface area contributed by atoms with E-state index in [0.29, 0.717) is 29.9 Å². The van der Waals surface area contributed by atoms with Gasteiger partial charge in [0.2, 0.25) is 5.91 Å². The van der Waals surface area contributed by atoms with E-state index in [1.165, 1.54) is 4.90 Å². The molecule has 0 aromatic heterocycles. The zero-order chi connectivity index (χ0) is 19.0. The van der Waals surface area contributed by atoms with E-state index in [1.807, 2.05) is 50.3 Å². The Morgan fingerprint density at radius 2 is 2.00 bits per heavy atom. The molecule has 5 rings (SSSR count). The Morgan fingerprint density at radius 3 is 2.81 bits per heavy atom. The number of rotatable bonds is 0. The third-order valence-electron chi connectivity index (χ3n) is 6.05. The molecule has 0 aliphatic carbocycles. The van der Waals surface area contributed by atoms with E-state index in [0.717, 1.165) is 5.69 Å². The van der Waals surface area contributed by atoms with Crippen molar-refractivity contribution in [2.75, 3.05) is 6.54 Å². The fraction of sp³-hybridized carbons (Fsp3) is 0.381. The number of amides is 2. The van der Waals surface area contributed by atoms with Gasteiger partial charge in [-0.25, -0.2) is 0 Å². The molecule has 6 nitrogen and oxygen atoms in total. The van der Waals surface area contributed by atoms with Crippen LogP contribution in [0.1, 0.15) is 32.3 Å². The highest BCUT2D eigenvalue weighted by molar-refractivity contribution is 6.08. The Kier molecular flexibility index (Phi) is 3.15. The molecule has 4 aliphatic rings. The molecule has 0 spiro atoms. The van der Waals surface area contributed by atoms with Crippen LogP contribution in [-0.4, -0.2) is 45.0 Å². The fourth-order valence-corrected chi connectivity index (χ4v) is 4.69. The maximum absolute atomic E-state index is 13.2. The van der Waals surface area contributed by atoms with Crippen LogP contribution in [0.3, 0.4) is 0 Å². The molecule has 0 bridgehead atoms. The van der Waals surface area contributed by atoms with Gasteiger partial charge in [-0.3, -0.25) is 14.6 Å². The van der Waals surface area contributed by atoms with Crippen LogP contribution in [0.4, 0.5) is 5.69 Å². The first kappa shape index (κ1) is 16.4. The molecule has 1 saturated heterocycles. The van der Waals surface area contributed by atoms with Crippen molar-refractivity contribution >= 4 is 23.2 Å². The van der Waals surface area contributed by atoms with Gasteiger partial charge in [-0.05, 0) is 12.5 Å². The van der Waals surface area contributed by atoms with Gasteiger partial charge in [0, 0.05) is 30.1 Å². The zero-order valence-electron chi connectivity index (χ0n) is 15.3. The standard InChI is InChI=1S/C21H21N3O3/c1-20(2)9-11-24-16(18(26)23-10-5-8-15(23)17(24)25)12-21(27)13-6-3-4-7-14(13)22-19(20)21/h3-4,6-9,11,16,27H,5,10,12H2,1-2H3/t16-,21+/m0/s1. The van der Waals surface area contributed by atoms with E-state index in [2.05, 4.69) is 0 Å². The first-order chi connectivity index (χ1) is 12.8. The van der Waals surface area contributed by atoms with Crippen LogP contribution in [0.5, 0.6) is 0 Å². The molecule has 0 saturated carbocycles. The first-order valence-electron chi connectivity index (χ1n) is 9.28. The highest BCUT2D eigenvalue weighted by Gasteiger charge is 2.54. The molecule has 1 aromatic rings. The van der Waals surface area contributed by atoms with E-state index < -0.39 is 17.1 Å². The lowest BCUT2D eigenvalue weighted by Gasteiger charge is -2.44. The first-order valence-corrected chi connectivity index (χ1v) is 9.28. The Morgan fingerprint density at radius 1 is 1.22 bits per heavy atom. The molecule has 6 heteroatoms. The van der Waals surface area contributed by atoms with Gasteiger partial charge < -0.3 is 14.9 Å². The van der Waals surface area contributed by atoms with E-state index in [-0.39, 0.29) is 18.2 Å². The molecular formula is C21H21N3O3. The number of aliphatic hydroxyl groups is 1. The maximum atomic E-state index is 13.2. The largest absolute Gasteiger partial charge is 0.379 e. The van der Waals surface area contributed by atoms with Gasteiger partial charge in [-0.2, -0.15) is 0 Å². The number of piperazine rings is 1. The number of carbonyl (C=O) groups excluding carboxylic acids is 2. The van der Waals surface area contributed by atoms with E-state index in [1.54, 1.807) is 11.1 Å². The average Bonchev–Trinajstić information content (AvgIpc) is 3.23. The quantitative estimate of drug-likeness (QED) is 0.768. The second kappa shape index (κ2) is 5.16. The van der Waals surface area contributed by atoms with Crippen molar-refractivity contribution in [3.05, 3.63) is 53.9 Å². The SMILES string of the molecule is CC1(C)C=CN2C(=O)C3=CCCN3C(=O)[C@@H]2C[C@]2(O)C1=Nc1ccccc12. The van der Waals surface area contributed by atoms with Crippen LogP contribution in [0.15, 0.2) is 53.3 Å². The lowest BCUT2D eigenvalue weighted by atomic mass is 9.72. The second-order valence-electron chi connectivity index (χ2n) is 8.18. The summed E-state index contributed by atoms with van der Waals surface area (Å²) >= 11 is 0. The van der Waals surface area contributed by atoms with Gasteiger partial charge in [0.1, 0.15) is 17.3 Å². The highest BCUT2D eigenvalue weighted by Crippen LogP contribution is 2.49. The lowest BCUT2D eigenvalue weighted by molar-refractivity contribution is -0.149. The van der Waals surface area contributed by atoms with Crippen LogP contribution in [0.2, 0.25) is 0 Å². The van der Waals surface area contributed by atoms with Gasteiger partial charge in [0.15, 0.2) is 0 Å². The van der Waals surface area contributed by atoms with E-state index in [4.69, 9.17) is 4.99 Å². The van der Waals surface area contributed by atoms with Crippen LogP contribution in [0.25, 0.3) is 0 Å². The van der Waals surface area contributed by atoms with Crippen molar-refractivity contribution < 1.29 is 14.7 Å². The number of aliphatic imine (C=N–C) groups is 1. The zero-order valence-corrected chi connectivity index (χ0v) is 15.3. The summed E-state index contributed by atoms with van der Waals surface area (Å²) in [7, 11) is 0. The van der Waals surface area contributed by atoms with Crippen LogP contribution in [-0.2, 0) is 15.2 Å². The van der Waals surface area contributed by atoms with Crippen molar-refractivity contribution in [3.8, 4) is 0 Å². The minimum atomic E-state index is -1.38. The maximum Gasteiger partial charge on any atom is 0.274 e. The minimum absolute atomic E-state index is 0.102. The third kappa shape index (κ3) is 2.07. The molecule has 1 aromatic carbocycles. The van der Waals surface area contributed by atoms with Gasteiger partial charge in [0.25, 0.3) is 5.91 Å². The Hall–Kier alpha value is -2.73. The number of hydrogen-bond donors (Lipinski definition) is 1. The number of benzene rings is 1. The van der Waals surface area contributed by atoms with Crippen LogP contribution in [0, 0.1) is 5.41 Å². The normalized spacial score (nSPS) is 30.7. The monoisotopic (exact) mass is 363 g/mol. The molecule has 2 atom stereocenters. The number of allylic oxidation sites excluding steroid dienone is 1. The lowest BCUT2D eigenvalue weighted by Crippen LogP contribution is -2.59. The van der Waals surface area contributed by atoms with E-state index in [9.17, 15) is 14.7 Å². The number of para-hydroxylation sites is 1. The van der Waals surface area contributed by atoms with Crippen molar-refractivity contribution in [1.82, 2.24) is 9.80 Å². The Balaban J connectivity index is 1.69. The molecule has 1 N–H and O–H groups in total. The summed E-state index contributed by atoms with van der Waals surface area (Å²) in [4.78, 5) is 33.9. The number of nitrogens with zero attached hydrogens (tertiary/aromatic N) is 3.